The van der Waals surface area contributed by atoms with Crippen LogP contribution in [-0.2, 0) is 0 Å². The fraction of sp³-hybridized carbons (Fsp3) is 0.267. The van der Waals surface area contributed by atoms with Crippen molar-refractivity contribution in [2.45, 2.75) is 12.5 Å². The maximum atomic E-state index is 12.5. The molecule has 2 amide bonds. The highest BCUT2D eigenvalue weighted by atomic mass is 32.1. The Labute approximate surface area is 150 Å². The molecule has 1 atom stereocenters. The summed E-state index contributed by atoms with van der Waals surface area (Å²) in [6.07, 6.45) is 4.08. The summed E-state index contributed by atoms with van der Waals surface area (Å²) in [6.45, 7) is 1.31. The number of likely N-dealkylation sites (tertiary alicyclic amines) is 1. The zero-order valence-electron chi connectivity index (χ0n) is 13.0. The van der Waals surface area contributed by atoms with Crippen molar-refractivity contribution in [3.05, 3.63) is 30.3 Å². The van der Waals surface area contributed by atoms with Crippen molar-refractivity contribution < 1.29 is 4.79 Å². The predicted molar refractivity (Wildman–Crippen MR) is 97.1 cm³/mol. The second-order valence-corrected chi connectivity index (χ2v) is 7.71. The smallest absolute Gasteiger partial charge is 0.322 e. The SMILES string of the molecule is O=C(Nc1nc2ccc3scnc3c2s1)N1CCC(n2cncn2)C1. The van der Waals surface area contributed by atoms with Gasteiger partial charge in [-0.1, -0.05) is 11.3 Å². The molecule has 1 fully saturated rings. The van der Waals surface area contributed by atoms with E-state index in [4.69, 9.17) is 0 Å². The van der Waals surface area contributed by atoms with Gasteiger partial charge >= 0.3 is 6.03 Å². The minimum absolute atomic E-state index is 0.129. The number of nitrogens with one attached hydrogen (secondary N) is 1. The van der Waals surface area contributed by atoms with Crippen molar-refractivity contribution in [3.63, 3.8) is 0 Å². The van der Waals surface area contributed by atoms with Crippen molar-refractivity contribution in [1.29, 1.82) is 0 Å². The molecule has 1 unspecified atom stereocenters. The number of carbonyl (C=O) groups is 1. The van der Waals surface area contributed by atoms with Crippen molar-refractivity contribution >= 4 is 54.3 Å². The molecule has 25 heavy (non-hydrogen) atoms. The first-order valence-corrected chi connectivity index (χ1v) is 9.50. The lowest BCUT2D eigenvalue weighted by Gasteiger charge is -2.16. The van der Waals surface area contributed by atoms with Crippen molar-refractivity contribution in [2.75, 3.05) is 18.4 Å². The van der Waals surface area contributed by atoms with Crippen LogP contribution in [0.5, 0.6) is 0 Å². The van der Waals surface area contributed by atoms with Gasteiger partial charge in [0, 0.05) is 13.1 Å². The third-order valence-corrected chi connectivity index (χ3v) is 6.12. The quantitative estimate of drug-likeness (QED) is 0.585. The average molecular weight is 371 g/mol. The van der Waals surface area contributed by atoms with Gasteiger partial charge in [-0.3, -0.25) is 5.32 Å². The van der Waals surface area contributed by atoms with E-state index in [1.54, 1.807) is 22.6 Å². The molecule has 1 saturated heterocycles. The zero-order valence-corrected chi connectivity index (χ0v) is 14.6. The first-order chi connectivity index (χ1) is 12.3. The number of aromatic nitrogens is 5. The van der Waals surface area contributed by atoms with Crippen molar-refractivity contribution in [2.24, 2.45) is 0 Å². The number of anilines is 1. The lowest BCUT2D eigenvalue weighted by molar-refractivity contribution is 0.220. The fourth-order valence-corrected chi connectivity index (χ4v) is 4.79. The number of fused-ring (bicyclic) bond motifs is 3. The van der Waals surface area contributed by atoms with Crippen LogP contribution in [0.1, 0.15) is 12.5 Å². The monoisotopic (exact) mass is 371 g/mol. The van der Waals surface area contributed by atoms with E-state index >= 15 is 0 Å². The topological polar surface area (TPSA) is 88.8 Å². The third kappa shape index (κ3) is 2.53. The largest absolute Gasteiger partial charge is 0.323 e. The van der Waals surface area contributed by atoms with Crippen LogP contribution in [0.3, 0.4) is 0 Å². The number of nitrogens with zero attached hydrogens (tertiary/aromatic N) is 6. The normalized spacial score (nSPS) is 17.6. The summed E-state index contributed by atoms with van der Waals surface area (Å²) in [5.41, 5.74) is 3.64. The Hall–Kier alpha value is -2.59. The van der Waals surface area contributed by atoms with Crippen LogP contribution in [0.2, 0.25) is 0 Å². The van der Waals surface area contributed by atoms with E-state index in [9.17, 15) is 4.79 Å². The number of urea groups is 1. The van der Waals surface area contributed by atoms with E-state index in [-0.39, 0.29) is 12.1 Å². The number of thiazole rings is 2. The first kappa shape index (κ1) is 14.7. The van der Waals surface area contributed by atoms with E-state index in [1.807, 2.05) is 22.3 Å². The highest BCUT2D eigenvalue weighted by molar-refractivity contribution is 7.24. The van der Waals surface area contributed by atoms with Crippen LogP contribution in [0, 0.1) is 0 Å². The molecule has 1 aromatic carbocycles. The second kappa shape index (κ2) is 5.74. The van der Waals surface area contributed by atoms with Gasteiger partial charge in [0.2, 0.25) is 0 Å². The summed E-state index contributed by atoms with van der Waals surface area (Å²) < 4.78 is 3.95. The van der Waals surface area contributed by atoms with Crippen LogP contribution >= 0.6 is 22.7 Å². The van der Waals surface area contributed by atoms with Gasteiger partial charge in [-0.25, -0.2) is 24.4 Å². The van der Waals surface area contributed by atoms with Crippen molar-refractivity contribution in [3.8, 4) is 0 Å². The Balaban J connectivity index is 1.35. The lowest BCUT2D eigenvalue weighted by atomic mass is 10.3. The van der Waals surface area contributed by atoms with E-state index in [1.165, 1.54) is 17.7 Å². The lowest BCUT2D eigenvalue weighted by Crippen LogP contribution is -2.33. The van der Waals surface area contributed by atoms with E-state index in [0.717, 1.165) is 26.9 Å². The molecule has 5 rings (SSSR count). The summed E-state index contributed by atoms with van der Waals surface area (Å²) in [5, 5.41) is 7.68. The molecule has 3 aromatic heterocycles. The molecule has 0 saturated carbocycles. The number of carbonyl (C=O) groups excluding carboxylic acids is 1. The Morgan fingerprint density at radius 1 is 1.36 bits per heavy atom. The molecule has 8 nitrogen and oxygen atoms in total. The van der Waals surface area contributed by atoms with Crippen LogP contribution in [0.15, 0.2) is 30.3 Å². The Bertz CT molecular complexity index is 1050. The summed E-state index contributed by atoms with van der Waals surface area (Å²) in [5.74, 6) is 0. The van der Waals surface area contributed by atoms with Crippen molar-refractivity contribution in [1.82, 2.24) is 29.6 Å². The Kier molecular flexibility index (Phi) is 3.38. The molecule has 0 bridgehead atoms. The van der Waals surface area contributed by atoms with Crippen LogP contribution in [0.4, 0.5) is 9.93 Å². The molecule has 126 valence electrons. The van der Waals surface area contributed by atoms with Crippen LogP contribution in [-0.4, -0.2) is 48.8 Å². The number of benzene rings is 1. The van der Waals surface area contributed by atoms with Gasteiger partial charge < -0.3 is 4.90 Å². The first-order valence-electron chi connectivity index (χ1n) is 7.81. The third-order valence-electron chi connectivity index (χ3n) is 4.33. The molecule has 4 heterocycles. The van der Waals surface area contributed by atoms with E-state index in [2.05, 4.69) is 25.4 Å². The van der Waals surface area contributed by atoms with Gasteiger partial charge in [-0.2, -0.15) is 5.10 Å². The van der Waals surface area contributed by atoms with Crippen LogP contribution in [0.25, 0.3) is 20.4 Å². The summed E-state index contributed by atoms with van der Waals surface area (Å²) in [7, 11) is 0. The molecule has 1 aliphatic heterocycles. The van der Waals surface area contributed by atoms with Crippen LogP contribution < -0.4 is 5.32 Å². The standard InChI is InChI=1S/C15H13N7OS2/c23-15(21-4-3-9(5-21)22-7-16-6-18-22)20-14-19-10-1-2-11-12(13(10)25-14)17-8-24-11/h1-2,6-9H,3-5H2,(H,19,20,23). The Morgan fingerprint density at radius 2 is 2.32 bits per heavy atom. The molecule has 1 aliphatic rings. The molecule has 0 radical (unpaired) electrons. The minimum Gasteiger partial charge on any atom is -0.322 e. The molecular weight excluding hydrogens is 358 g/mol. The molecule has 1 N–H and O–H groups in total. The number of rotatable bonds is 2. The van der Waals surface area contributed by atoms with E-state index in [0.29, 0.717) is 18.2 Å². The minimum atomic E-state index is -0.129. The van der Waals surface area contributed by atoms with Gasteiger partial charge in [-0.15, -0.1) is 11.3 Å². The summed E-state index contributed by atoms with van der Waals surface area (Å²) in [6, 6.07) is 4.04. The summed E-state index contributed by atoms with van der Waals surface area (Å²) >= 11 is 3.07. The predicted octanol–water partition coefficient (Wildman–Crippen LogP) is 2.98. The molecule has 0 spiro atoms. The number of amides is 2. The molecular formula is C15H13N7OS2. The van der Waals surface area contributed by atoms with Gasteiger partial charge in [0.05, 0.1) is 26.5 Å². The molecule has 10 heteroatoms. The maximum absolute atomic E-state index is 12.5. The second-order valence-electron chi connectivity index (χ2n) is 5.83. The van der Waals surface area contributed by atoms with Gasteiger partial charge in [0.1, 0.15) is 18.2 Å². The molecule has 0 aliphatic carbocycles. The van der Waals surface area contributed by atoms with Gasteiger partial charge in [-0.05, 0) is 18.6 Å². The van der Waals surface area contributed by atoms with E-state index < -0.39 is 0 Å². The zero-order chi connectivity index (χ0) is 16.8. The number of hydrogen-bond acceptors (Lipinski definition) is 7. The molecule has 4 aromatic rings. The van der Waals surface area contributed by atoms with Gasteiger partial charge in [0.15, 0.2) is 5.13 Å². The Morgan fingerprint density at radius 3 is 3.20 bits per heavy atom. The summed E-state index contributed by atoms with van der Waals surface area (Å²) in [4.78, 5) is 27.2. The highest BCUT2D eigenvalue weighted by Crippen LogP contribution is 2.33. The maximum Gasteiger partial charge on any atom is 0.323 e. The fourth-order valence-electron chi connectivity index (χ4n) is 3.09. The number of hydrogen-bond donors (Lipinski definition) is 1. The highest BCUT2D eigenvalue weighted by Gasteiger charge is 2.28. The van der Waals surface area contributed by atoms with Gasteiger partial charge in [0.25, 0.3) is 0 Å². The average Bonchev–Trinajstić information content (AvgIpc) is 3.38.